The summed E-state index contributed by atoms with van der Waals surface area (Å²) in [6.07, 6.45) is 0.868. The summed E-state index contributed by atoms with van der Waals surface area (Å²) >= 11 is 3.50. The Morgan fingerprint density at radius 1 is 1.35 bits per heavy atom. The SMILES string of the molecule is COc1ccc(Br)cc1Cn1nc(C)c(CCN)c1C. The van der Waals surface area contributed by atoms with Gasteiger partial charge in [-0.1, -0.05) is 15.9 Å². The van der Waals surface area contributed by atoms with Gasteiger partial charge in [-0.15, -0.1) is 0 Å². The Kier molecular flexibility index (Phi) is 4.83. The summed E-state index contributed by atoms with van der Waals surface area (Å²) in [5.41, 5.74) is 10.3. The van der Waals surface area contributed by atoms with Crippen LogP contribution in [-0.2, 0) is 13.0 Å². The third-order valence-corrected chi connectivity index (χ3v) is 3.98. The molecule has 1 heterocycles. The van der Waals surface area contributed by atoms with Crippen molar-refractivity contribution in [3.05, 3.63) is 45.2 Å². The first-order valence-corrected chi connectivity index (χ1v) is 7.41. The third-order valence-electron chi connectivity index (χ3n) is 3.49. The van der Waals surface area contributed by atoms with Crippen molar-refractivity contribution in [2.45, 2.75) is 26.8 Å². The first kappa shape index (κ1) is 15.1. The summed E-state index contributed by atoms with van der Waals surface area (Å²) in [7, 11) is 1.69. The van der Waals surface area contributed by atoms with Crippen LogP contribution in [0.1, 0.15) is 22.5 Å². The number of aryl methyl sites for hydroxylation is 1. The van der Waals surface area contributed by atoms with Crippen molar-refractivity contribution in [1.29, 1.82) is 0 Å². The van der Waals surface area contributed by atoms with Gasteiger partial charge in [0.1, 0.15) is 5.75 Å². The molecule has 2 N–H and O–H groups in total. The summed E-state index contributed by atoms with van der Waals surface area (Å²) in [6.45, 7) is 5.47. The molecule has 2 rings (SSSR count). The molecule has 0 aliphatic carbocycles. The molecule has 4 nitrogen and oxygen atoms in total. The van der Waals surface area contributed by atoms with Crippen LogP contribution >= 0.6 is 15.9 Å². The predicted molar refractivity (Wildman–Crippen MR) is 84.3 cm³/mol. The number of aromatic nitrogens is 2. The fourth-order valence-corrected chi connectivity index (χ4v) is 2.83. The molecular weight excluding hydrogens is 318 g/mol. The van der Waals surface area contributed by atoms with Gasteiger partial charge >= 0.3 is 0 Å². The second-order valence-electron chi connectivity index (χ2n) is 4.80. The number of halogens is 1. The van der Waals surface area contributed by atoms with E-state index in [0.717, 1.165) is 27.9 Å². The number of nitrogens with two attached hydrogens (primary N) is 1. The van der Waals surface area contributed by atoms with Crippen LogP contribution in [0.4, 0.5) is 0 Å². The summed E-state index contributed by atoms with van der Waals surface area (Å²) in [6, 6.07) is 6.01. The van der Waals surface area contributed by atoms with E-state index in [0.29, 0.717) is 13.1 Å². The van der Waals surface area contributed by atoms with Crippen LogP contribution in [0.5, 0.6) is 5.75 Å². The quantitative estimate of drug-likeness (QED) is 0.912. The second-order valence-corrected chi connectivity index (χ2v) is 5.72. The minimum Gasteiger partial charge on any atom is -0.496 e. The smallest absolute Gasteiger partial charge is 0.124 e. The monoisotopic (exact) mass is 337 g/mol. The van der Waals surface area contributed by atoms with E-state index in [2.05, 4.69) is 34.0 Å². The van der Waals surface area contributed by atoms with Gasteiger partial charge in [0.25, 0.3) is 0 Å². The number of benzene rings is 1. The van der Waals surface area contributed by atoms with Crippen molar-refractivity contribution in [1.82, 2.24) is 9.78 Å². The minimum atomic E-state index is 0.646. The molecule has 0 spiro atoms. The molecule has 0 amide bonds. The second kappa shape index (κ2) is 6.41. The van der Waals surface area contributed by atoms with Crippen LogP contribution in [0.3, 0.4) is 0 Å². The van der Waals surface area contributed by atoms with Crippen LogP contribution in [0.2, 0.25) is 0 Å². The molecule has 1 aromatic carbocycles. The zero-order valence-corrected chi connectivity index (χ0v) is 13.7. The Bertz CT molecular complexity index is 607. The molecule has 0 fully saturated rings. The highest BCUT2D eigenvalue weighted by atomic mass is 79.9. The fourth-order valence-electron chi connectivity index (χ4n) is 2.43. The average molecular weight is 338 g/mol. The molecule has 0 saturated heterocycles. The Balaban J connectivity index is 2.35. The third kappa shape index (κ3) is 3.04. The molecule has 0 radical (unpaired) electrons. The molecule has 0 unspecified atom stereocenters. The Morgan fingerprint density at radius 3 is 2.75 bits per heavy atom. The lowest BCUT2D eigenvalue weighted by molar-refractivity contribution is 0.407. The van der Waals surface area contributed by atoms with Crippen molar-refractivity contribution < 1.29 is 4.74 Å². The van der Waals surface area contributed by atoms with Crippen molar-refractivity contribution in [2.24, 2.45) is 5.73 Å². The van der Waals surface area contributed by atoms with E-state index in [-0.39, 0.29) is 0 Å². The van der Waals surface area contributed by atoms with Gasteiger partial charge in [0.2, 0.25) is 0 Å². The molecule has 2 aromatic rings. The van der Waals surface area contributed by atoms with E-state index in [1.54, 1.807) is 7.11 Å². The Morgan fingerprint density at radius 2 is 2.10 bits per heavy atom. The van der Waals surface area contributed by atoms with Crippen LogP contribution in [0, 0.1) is 13.8 Å². The zero-order valence-electron chi connectivity index (χ0n) is 12.1. The van der Waals surface area contributed by atoms with Crippen LogP contribution in [-0.4, -0.2) is 23.4 Å². The van der Waals surface area contributed by atoms with Gasteiger partial charge < -0.3 is 10.5 Å². The number of nitrogens with zero attached hydrogens (tertiary/aromatic N) is 2. The van der Waals surface area contributed by atoms with Gasteiger partial charge in [0.15, 0.2) is 0 Å². The normalized spacial score (nSPS) is 10.8. The van der Waals surface area contributed by atoms with Gasteiger partial charge in [0.05, 0.1) is 19.3 Å². The first-order valence-electron chi connectivity index (χ1n) is 6.62. The van der Waals surface area contributed by atoms with E-state index < -0.39 is 0 Å². The van der Waals surface area contributed by atoms with Crippen LogP contribution < -0.4 is 10.5 Å². The number of rotatable bonds is 5. The summed E-state index contributed by atoms with van der Waals surface area (Å²) in [4.78, 5) is 0. The number of hydrogen-bond donors (Lipinski definition) is 1. The van der Waals surface area contributed by atoms with E-state index >= 15 is 0 Å². The molecule has 0 saturated carbocycles. The lowest BCUT2D eigenvalue weighted by atomic mass is 10.1. The molecule has 5 heteroatoms. The van der Waals surface area contributed by atoms with Crippen molar-refractivity contribution in [3.63, 3.8) is 0 Å². The van der Waals surface area contributed by atoms with Crippen LogP contribution in [0.15, 0.2) is 22.7 Å². The van der Waals surface area contributed by atoms with Gasteiger partial charge in [-0.2, -0.15) is 5.10 Å². The Hall–Kier alpha value is -1.33. The molecule has 108 valence electrons. The van der Waals surface area contributed by atoms with Gasteiger partial charge in [0, 0.05) is 15.7 Å². The van der Waals surface area contributed by atoms with Gasteiger partial charge in [-0.3, -0.25) is 4.68 Å². The summed E-state index contributed by atoms with van der Waals surface area (Å²) < 4.78 is 8.47. The maximum atomic E-state index is 5.66. The molecule has 20 heavy (non-hydrogen) atoms. The average Bonchev–Trinajstić information content (AvgIpc) is 2.67. The molecule has 0 atom stereocenters. The standard InChI is InChI=1S/C15H20BrN3O/c1-10-14(6-7-17)11(2)19(18-10)9-12-8-13(16)4-5-15(12)20-3/h4-5,8H,6-7,9,17H2,1-3H3. The Labute approximate surface area is 128 Å². The minimum absolute atomic E-state index is 0.646. The first-order chi connectivity index (χ1) is 9.56. The molecule has 0 aliphatic rings. The lowest BCUT2D eigenvalue weighted by Gasteiger charge is -2.10. The topological polar surface area (TPSA) is 53.1 Å². The summed E-state index contributed by atoms with van der Waals surface area (Å²) in [5, 5.41) is 4.62. The van der Waals surface area contributed by atoms with E-state index in [1.807, 2.05) is 23.7 Å². The number of hydrogen-bond acceptors (Lipinski definition) is 3. The molecule has 1 aromatic heterocycles. The molecule has 0 aliphatic heterocycles. The van der Waals surface area contributed by atoms with Gasteiger partial charge in [-0.25, -0.2) is 0 Å². The van der Waals surface area contributed by atoms with Crippen molar-refractivity contribution in [2.75, 3.05) is 13.7 Å². The maximum Gasteiger partial charge on any atom is 0.124 e. The molecule has 0 bridgehead atoms. The van der Waals surface area contributed by atoms with E-state index in [9.17, 15) is 0 Å². The predicted octanol–water partition coefficient (Wildman–Crippen LogP) is 2.82. The highest BCUT2D eigenvalue weighted by molar-refractivity contribution is 9.10. The van der Waals surface area contributed by atoms with E-state index in [4.69, 9.17) is 10.5 Å². The van der Waals surface area contributed by atoms with Crippen molar-refractivity contribution >= 4 is 15.9 Å². The van der Waals surface area contributed by atoms with Gasteiger partial charge in [-0.05, 0) is 50.6 Å². The lowest BCUT2D eigenvalue weighted by Crippen LogP contribution is -2.07. The number of methoxy groups -OCH3 is 1. The summed E-state index contributed by atoms with van der Waals surface area (Å²) in [5.74, 6) is 0.876. The fraction of sp³-hybridized carbons (Fsp3) is 0.400. The molecular formula is C15H20BrN3O. The van der Waals surface area contributed by atoms with Crippen LogP contribution in [0.25, 0.3) is 0 Å². The number of ether oxygens (including phenoxy) is 1. The van der Waals surface area contributed by atoms with E-state index in [1.165, 1.54) is 11.3 Å². The highest BCUT2D eigenvalue weighted by Gasteiger charge is 2.13. The zero-order chi connectivity index (χ0) is 14.7. The highest BCUT2D eigenvalue weighted by Crippen LogP contribution is 2.25. The van der Waals surface area contributed by atoms with Crippen molar-refractivity contribution in [3.8, 4) is 5.75 Å². The maximum absolute atomic E-state index is 5.66. The largest absolute Gasteiger partial charge is 0.496 e.